The highest BCUT2D eigenvalue weighted by atomic mass is 32.2. The normalized spacial score (nSPS) is 9.67. The summed E-state index contributed by atoms with van der Waals surface area (Å²) in [6, 6.07) is 2.70. The predicted octanol–water partition coefficient (Wildman–Crippen LogP) is 1.10. The average molecular weight is 230 g/mol. The van der Waals surface area contributed by atoms with Gasteiger partial charge in [-0.1, -0.05) is 11.8 Å². The summed E-state index contributed by atoms with van der Waals surface area (Å²) >= 11 is 0.821. The lowest BCUT2D eigenvalue weighted by atomic mass is 10.4. The summed E-state index contributed by atoms with van der Waals surface area (Å²) in [6.45, 7) is 0. The third kappa shape index (κ3) is 3.18. The van der Waals surface area contributed by atoms with Crippen LogP contribution in [0.4, 0.5) is 5.69 Å². The molecule has 0 spiro atoms. The van der Waals surface area contributed by atoms with Crippen LogP contribution >= 0.6 is 11.8 Å². The van der Waals surface area contributed by atoms with Crippen molar-refractivity contribution in [2.24, 2.45) is 0 Å². The monoisotopic (exact) mass is 230 g/mol. The zero-order valence-electron chi connectivity index (χ0n) is 7.32. The van der Waals surface area contributed by atoms with Crippen LogP contribution in [0.15, 0.2) is 23.4 Å². The summed E-state index contributed by atoms with van der Waals surface area (Å²) in [5.41, 5.74) is -0.187. The van der Waals surface area contributed by atoms with Gasteiger partial charge in [-0.2, -0.15) is 5.26 Å². The van der Waals surface area contributed by atoms with Gasteiger partial charge in [-0.05, 0) is 6.07 Å². The van der Waals surface area contributed by atoms with E-state index < -0.39 is 10.9 Å². The number of nitrogens with zero attached hydrogens (tertiary/aromatic N) is 2. The Kier molecular flexibility index (Phi) is 4.01. The Balaban J connectivity index is 2.76. The predicted molar refractivity (Wildman–Crippen MR) is 50.3 cm³/mol. The number of aromatic nitrogens is 1. The third-order valence-corrected chi connectivity index (χ3v) is 2.34. The summed E-state index contributed by atoms with van der Waals surface area (Å²) < 4.78 is 0. The lowest BCUT2D eigenvalue weighted by Gasteiger charge is -1.99. The van der Waals surface area contributed by atoms with E-state index in [1.54, 1.807) is 0 Å². The summed E-state index contributed by atoms with van der Waals surface area (Å²) in [6.07, 6.45) is 1.37. The molecule has 0 fully saturated rings. The fraction of sp³-hybridized carbons (Fsp3) is 0.143. The molecule has 8 heteroatoms. The second kappa shape index (κ2) is 5.27. The largest absolute Gasteiger partial charge is 0.352 e. The maximum absolute atomic E-state index is 10.6. The van der Waals surface area contributed by atoms with Gasteiger partial charge in [0, 0.05) is 12.3 Å². The molecule has 1 rings (SSSR count). The summed E-state index contributed by atoms with van der Waals surface area (Å²) in [7, 11) is 0. The van der Waals surface area contributed by atoms with Crippen LogP contribution in [0.25, 0.3) is 0 Å². The van der Waals surface area contributed by atoms with Gasteiger partial charge in [0.15, 0.2) is 5.03 Å². The van der Waals surface area contributed by atoms with E-state index in [4.69, 9.17) is 5.26 Å². The molecule has 0 saturated carbocycles. The van der Waals surface area contributed by atoms with Crippen LogP contribution in [0.1, 0.15) is 0 Å². The summed E-state index contributed by atoms with van der Waals surface area (Å²) in [5.74, 6) is -1.13. The van der Waals surface area contributed by atoms with Gasteiger partial charge in [-0.25, -0.2) is 9.78 Å². The average Bonchev–Trinajstić information content (AvgIpc) is 2.26. The zero-order valence-corrected chi connectivity index (χ0v) is 8.14. The van der Waals surface area contributed by atoms with Gasteiger partial charge in [0.2, 0.25) is 0 Å². The summed E-state index contributed by atoms with van der Waals surface area (Å²) in [4.78, 5) is 27.7. The molecule has 1 N–H and O–H groups in total. The molecular weight excluding hydrogens is 224 g/mol. The Labute approximate surface area is 88.2 Å². The van der Waals surface area contributed by atoms with Gasteiger partial charge < -0.3 is 4.89 Å². The third-order valence-electron chi connectivity index (χ3n) is 1.38. The van der Waals surface area contributed by atoms with Crippen LogP contribution < -0.4 is 0 Å². The second-order valence-corrected chi connectivity index (χ2v) is 3.30. The number of hydrogen-bond donors (Lipinski definition) is 1. The smallest absolute Gasteiger partial charge is 0.300 e. The fourth-order valence-electron chi connectivity index (χ4n) is 0.786. The minimum absolute atomic E-state index is 0.105. The highest BCUT2D eigenvalue weighted by Gasteiger charge is 2.16. The van der Waals surface area contributed by atoms with Crippen LogP contribution in [0.3, 0.4) is 0 Å². The van der Waals surface area contributed by atoms with Gasteiger partial charge in [-0.3, -0.25) is 10.1 Å². The van der Waals surface area contributed by atoms with Crippen LogP contribution in [0.2, 0.25) is 0 Å². The Morgan fingerprint density at radius 3 is 3.07 bits per heavy atom. The maximum atomic E-state index is 10.6. The first kappa shape index (κ1) is 11.4. The van der Waals surface area contributed by atoms with Crippen molar-refractivity contribution in [2.45, 2.75) is 5.03 Å². The van der Waals surface area contributed by atoms with Crippen LogP contribution in [-0.4, -0.2) is 26.9 Å². The van der Waals surface area contributed by atoms with E-state index in [1.807, 2.05) is 0 Å². The molecule has 0 atom stereocenters. The van der Waals surface area contributed by atoms with Crippen molar-refractivity contribution in [1.29, 1.82) is 0 Å². The molecule has 0 bridgehead atoms. The van der Waals surface area contributed by atoms with E-state index in [0.717, 1.165) is 11.8 Å². The topological polar surface area (TPSA) is 103 Å². The zero-order chi connectivity index (χ0) is 11.3. The molecule has 1 aromatic rings. The van der Waals surface area contributed by atoms with E-state index in [2.05, 4.69) is 9.87 Å². The Hall–Kier alpha value is -1.67. The molecule has 0 aliphatic rings. The van der Waals surface area contributed by atoms with E-state index in [-0.39, 0.29) is 16.5 Å². The van der Waals surface area contributed by atoms with E-state index in [1.165, 1.54) is 18.3 Å². The van der Waals surface area contributed by atoms with Crippen molar-refractivity contribution in [3.63, 3.8) is 0 Å². The Morgan fingerprint density at radius 2 is 2.47 bits per heavy atom. The number of carbonyl (C=O) groups excluding carboxylic acids is 1. The molecule has 0 saturated heterocycles. The van der Waals surface area contributed by atoms with Crippen molar-refractivity contribution >= 4 is 23.4 Å². The number of hydrogen-bond acceptors (Lipinski definition) is 7. The molecule has 1 aromatic heterocycles. The van der Waals surface area contributed by atoms with Gasteiger partial charge in [0.25, 0.3) is 0 Å². The molecule has 0 aliphatic carbocycles. The fourth-order valence-corrected chi connectivity index (χ4v) is 1.52. The standard InChI is InChI=1S/C7H6N2O5S/c10-6(14-13)4-15-7-5(9(11)12)2-1-3-8-7/h1-3,13H,4H2. The first-order valence-corrected chi connectivity index (χ1v) is 4.70. The Bertz CT molecular complexity index is 383. The minimum Gasteiger partial charge on any atom is -0.300 e. The van der Waals surface area contributed by atoms with Crippen molar-refractivity contribution in [2.75, 3.05) is 5.75 Å². The molecule has 0 radical (unpaired) electrons. The molecule has 0 aliphatic heterocycles. The Morgan fingerprint density at radius 1 is 1.73 bits per heavy atom. The number of rotatable bonds is 4. The SMILES string of the molecule is O=C(CSc1ncccc1[N+](=O)[O-])OO. The van der Waals surface area contributed by atoms with Gasteiger partial charge in [0.1, 0.15) is 5.75 Å². The molecule has 7 nitrogen and oxygen atoms in total. The lowest BCUT2D eigenvalue weighted by Crippen LogP contribution is -2.04. The van der Waals surface area contributed by atoms with Gasteiger partial charge in [-0.15, -0.1) is 0 Å². The van der Waals surface area contributed by atoms with Crippen LogP contribution in [0.5, 0.6) is 0 Å². The van der Waals surface area contributed by atoms with Crippen LogP contribution in [0, 0.1) is 10.1 Å². The van der Waals surface area contributed by atoms with Gasteiger partial charge in [0.05, 0.1) is 4.92 Å². The first-order valence-electron chi connectivity index (χ1n) is 3.71. The maximum Gasteiger partial charge on any atom is 0.352 e. The van der Waals surface area contributed by atoms with E-state index in [0.29, 0.717) is 0 Å². The molecular formula is C7H6N2O5S. The highest BCUT2D eigenvalue weighted by molar-refractivity contribution is 8.00. The van der Waals surface area contributed by atoms with Gasteiger partial charge >= 0.3 is 11.7 Å². The van der Waals surface area contributed by atoms with Crippen LogP contribution in [-0.2, 0) is 9.68 Å². The van der Waals surface area contributed by atoms with E-state index in [9.17, 15) is 14.9 Å². The quantitative estimate of drug-likeness (QED) is 0.357. The summed E-state index contributed by atoms with van der Waals surface area (Å²) in [5, 5.41) is 18.6. The van der Waals surface area contributed by atoms with Crippen molar-refractivity contribution in [3.8, 4) is 0 Å². The molecule has 0 unspecified atom stereocenters. The molecule has 0 aromatic carbocycles. The number of carbonyl (C=O) groups is 1. The van der Waals surface area contributed by atoms with Crippen molar-refractivity contribution < 1.29 is 19.9 Å². The first-order chi connectivity index (χ1) is 7.15. The number of pyridine rings is 1. The second-order valence-electron chi connectivity index (χ2n) is 2.34. The lowest BCUT2D eigenvalue weighted by molar-refractivity contribution is -0.388. The van der Waals surface area contributed by atoms with E-state index >= 15 is 0 Å². The van der Waals surface area contributed by atoms with Crippen molar-refractivity contribution in [3.05, 3.63) is 28.4 Å². The number of nitro groups is 1. The molecule has 80 valence electrons. The molecule has 0 amide bonds. The molecule has 1 heterocycles. The highest BCUT2D eigenvalue weighted by Crippen LogP contribution is 2.25. The minimum atomic E-state index is -0.889. The molecule has 15 heavy (non-hydrogen) atoms. The number of thioether (sulfide) groups is 1. The van der Waals surface area contributed by atoms with Crippen molar-refractivity contribution in [1.82, 2.24) is 4.98 Å².